The number of thiophene rings is 1. The molecule has 1 aliphatic rings. The molecule has 2 N–H and O–H groups in total. The first-order valence-electron chi connectivity index (χ1n) is 8.10. The van der Waals surface area contributed by atoms with Gasteiger partial charge in [-0.1, -0.05) is 12.8 Å². The fourth-order valence-electron chi connectivity index (χ4n) is 3.03. The highest BCUT2D eigenvalue weighted by Gasteiger charge is 2.42. The van der Waals surface area contributed by atoms with Gasteiger partial charge in [-0.05, 0) is 31.9 Å². The van der Waals surface area contributed by atoms with E-state index in [1.165, 1.54) is 29.6 Å². The monoisotopic (exact) mass is 399 g/mol. The molecule has 1 fully saturated rings. The predicted molar refractivity (Wildman–Crippen MR) is 99.2 cm³/mol. The van der Waals surface area contributed by atoms with E-state index in [0.717, 1.165) is 41.3 Å². The number of carbonyl (C=O) groups excluding carboxylic acids is 1. The molecule has 9 heteroatoms. The lowest BCUT2D eigenvalue weighted by Gasteiger charge is -2.27. The van der Waals surface area contributed by atoms with Gasteiger partial charge in [-0.2, -0.15) is 4.72 Å². The molecule has 1 amide bonds. The van der Waals surface area contributed by atoms with Gasteiger partial charge in [0.05, 0.1) is 12.1 Å². The van der Waals surface area contributed by atoms with Gasteiger partial charge >= 0.3 is 0 Å². The summed E-state index contributed by atoms with van der Waals surface area (Å²) in [5.41, 5.74) is 0.318. The number of nitrogens with zero attached hydrogens (tertiary/aromatic N) is 1. The first kappa shape index (κ1) is 18.5. The molecule has 0 atom stereocenters. The molecule has 2 aromatic rings. The third kappa shape index (κ3) is 4.11. The zero-order chi connectivity index (χ0) is 18.1. The van der Waals surface area contributed by atoms with E-state index in [1.807, 2.05) is 12.3 Å². The number of thiazole rings is 1. The molecule has 0 saturated heterocycles. The molecule has 25 heavy (non-hydrogen) atoms. The van der Waals surface area contributed by atoms with Gasteiger partial charge in [-0.25, -0.2) is 13.4 Å². The molecule has 136 valence electrons. The SMILES string of the molecule is CC(=O)NCc1ccc(S(=O)(=O)NC2(c3nc(C)cs3)CCCC2)s1. The molecule has 0 radical (unpaired) electrons. The summed E-state index contributed by atoms with van der Waals surface area (Å²) in [6.07, 6.45) is 3.51. The first-order chi connectivity index (χ1) is 11.8. The Labute approximate surface area is 155 Å². The summed E-state index contributed by atoms with van der Waals surface area (Å²) in [6.45, 7) is 3.70. The molecule has 3 rings (SSSR count). The lowest BCUT2D eigenvalue weighted by molar-refractivity contribution is -0.119. The summed E-state index contributed by atoms with van der Waals surface area (Å²) in [6, 6.07) is 3.34. The maximum Gasteiger partial charge on any atom is 0.250 e. The highest BCUT2D eigenvalue weighted by atomic mass is 32.2. The first-order valence-corrected chi connectivity index (χ1v) is 11.3. The lowest BCUT2D eigenvalue weighted by atomic mass is 10.0. The number of hydrogen-bond donors (Lipinski definition) is 2. The molecule has 0 spiro atoms. The number of nitrogens with one attached hydrogen (secondary N) is 2. The van der Waals surface area contributed by atoms with Crippen molar-refractivity contribution in [3.63, 3.8) is 0 Å². The van der Waals surface area contributed by atoms with Crippen molar-refractivity contribution < 1.29 is 13.2 Å². The number of aromatic nitrogens is 1. The van der Waals surface area contributed by atoms with Crippen LogP contribution in [0.2, 0.25) is 0 Å². The molecular formula is C16H21N3O3S3. The van der Waals surface area contributed by atoms with E-state index >= 15 is 0 Å². The lowest BCUT2D eigenvalue weighted by Crippen LogP contribution is -2.43. The summed E-state index contributed by atoms with van der Waals surface area (Å²) >= 11 is 2.70. The molecular weight excluding hydrogens is 378 g/mol. The van der Waals surface area contributed by atoms with Crippen LogP contribution in [-0.4, -0.2) is 19.3 Å². The van der Waals surface area contributed by atoms with Crippen molar-refractivity contribution in [1.82, 2.24) is 15.0 Å². The van der Waals surface area contributed by atoms with Crippen molar-refractivity contribution in [1.29, 1.82) is 0 Å². The van der Waals surface area contributed by atoms with Crippen LogP contribution in [0.15, 0.2) is 21.7 Å². The van der Waals surface area contributed by atoms with Crippen molar-refractivity contribution >= 4 is 38.6 Å². The number of sulfonamides is 1. The van der Waals surface area contributed by atoms with E-state index in [-0.39, 0.29) is 10.1 Å². The highest BCUT2D eigenvalue weighted by Crippen LogP contribution is 2.41. The maximum absolute atomic E-state index is 12.9. The second kappa shape index (κ2) is 7.14. The number of carbonyl (C=O) groups is 1. The van der Waals surface area contributed by atoms with Gasteiger partial charge < -0.3 is 5.32 Å². The van der Waals surface area contributed by atoms with Gasteiger partial charge in [-0.15, -0.1) is 22.7 Å². The molecule has 0 aromatic carbocycles. The topological polar surface area (TPSA) is 88.2 Å². The Kier molecular flexibility index (Phi) is 5.29. The normalized spacial score (nSPS) is 16.9. The summed E-state index contributed by atoms with van der Waals surface area (Å²) in [4.78, 5) is 16.4. The third-order valence-corrected chi connectivity index (χ3v) is 8.51. The summed E-state index contributed by atoms with van der Waals surface area (Å²) in [7, 11) is -3.64. The summed E-state index contributed by atoms with van der Waals surface area (Å²) in [5.74, 6) is -0.139. The van der Waals surface area contributed by atoms with Crippen molar-refractivity contribution in [3.05, 3.63) is 33.1 Å². The molecule has 6 nitrogen and oxygen atoms in total. The quantitative estimate of drug-likeness (QED) is 0.782. The Morgan fingerprint density at radius 3 is 2.64 bits per heavy atom. The van der Waals surface area contributed by atoms with Crippen LogP contribution in [0, 0.1) is 6.92 Å². The second-order valence-electron chi connectivity index (χ2n) is 6.32. The van der Waals surface area contributed by atoms with Crippen LogP contribution in [0.5, 0.6) is 0 Å². The van der Waals surface area contributed by atoms with Crippen LogP contribution in [0.4, 0.5) is 0 Å². The average Bonchev–Trinajstić information content (AvgIpc) is 3.25. The van der Waals surface area contributed by atoms with Gasteiger partial charge in [0.2, 0.25) is 5.91 Å². The minimum absolute atomic E-state index is 0.139. The fraction of sp³-hybridized carbons (Fsp3) is 0.500. The molecule has 2 heterocycles. The number of aryl methyl sites for hydroxylation is 1. The van der Waals surface area contributed by atoms with Crippen molar-refractivity contribution in [2.45, 2.75) is 55.8 Å². The minimum atomic E-state index is -3.64. The zero-order valence-corrected chi connectivity index (χ0v) is 16.6. The molecule has 1 aliphatic carbocycles. The Morgan fingerprint density at radius 1 is 1.32 bits per heavy atom. The van der Waals surface area contributed by atoms with Crippen molar-refractivity contribution in [2.75, 3.05) is 0 Å². The number of amides is 1. The zero-order valence-electron chi connectivity index (χ0n) is 14.2. The van der Waals surface area contributed by atoms with Gasteiger partial charge in [0, 0.05) is 22.9 Å². The molecule has 0 aliphatic heterocycles. The third-order valence-electron chi connectivity index (χ3n) is 4.23. The second-order valence-corrected chi connectivity index (χ2v) is 10.3. The standard InChI is InChI=1S/C16H21N3O3S3/c1-11-10-23-15(18-11)16(7-3-4-8-16)19-25(21,22)14-6-5-13(24-14)9-17-12(2)20/h5-6,10,19H,3-4,7-9H2,1-2H3,(H,17,20). The Morgan fingerprint density at radius 2 is 2.04 bits per heavy atom. The number of rotatable bonds is 6. The molecule has 1 saturated carbocycles. The van der Waals surface area contributed by atoms with Gasteiger partial charge in [0.1, 0.15) is 9.22 Å². The van der Waals surface area contributed by atoms with Crippen molar-refractivity contribution in [3.8, 4) is 0 Å². The van der Waals surface area contributed by atoms with E-state index in [4.69, 9.17) is 0 Å². The molecule has 0 bridgehead atoms. The maximum atomic E-state index is 12.9. The van der Waals surface area contributed by atoms with Crippen LogP contribution in [-0.2, 0) is 26.9 Å². The van der Waals surface area contributed by atoms with E-state index in [2.05, 4.69) is 15.0 Å². The van der Waals surface area contributed by atoms with Crippen LogP contribution in [0.3, 0.4) is 0 Å². The highest BCUT2D eigenvalue weighted by molar-refractivity contribution is 7.91. The van der Waals surface area contributed by atoms with Gasteiger partial charge in [0.25, 0.3) is 10.0 Å². The van der Waals surface area contributed by atoms with Crippen molar-refractivity contribution in [2.24, 2.45) is 0 Å². The van der Waals surface area contributed by atoms with Crippen LogP contribution in [0.1, 0.15) is 48.2 Å². The van der Waals surface area contributed by atoms with Crippen LogP contribution in [0.25, 0.3) is 0 Å². The molecule has 2 aromatic heterocycles. The van der Waals surface area contributed by atoms with E-state index in [9.17, 15) is 13.2 Å². The van der Waals surface area contributed by atoms with Crippen LogP contribution < -0.4 is 10.0 Å². The van der Waals surface area contributed by atoms with E-state index in [1.54, 1.807) is 12.1 Å². The van der Waals surface area contributed by atoms with E-state index < -0.39 is 15.6 Å². The van der Waals surface area contributed by atoms with Crippen LogP contribution >= 0.6 is 22.7 Å². The largest absolute Gasteiger partial charge is 0.351 e. The van der Waals surface area contributed by atoms with Gasteiger partial charge in [0.15, 0.2) is 0 Å². The van der Waals surface area contributed by atoms with Gasteiger partial charge in [-0.3, -0.25) is 4.79 Å². The average molecular weight is 400 g/mol. The summed E-state index contributed by atoms with van der Waals surface area (Å²) in [5, 5.41) is 5.49. The summed E-state index contributed by atoms with van der Waals surface area (Å²) < 4.78 is 29.0. The smallest absolute Gasteiger partial charge is 0.250 e. The molecule has 0 unspecified atom stereocenters. The fourth-order valence-corrected chi connectivity index (χ4v) is 6.83. The minimum Gasteiger partial charge on any atom is -0.351 e. The Balaban J connectivity index is 1.83. The Bertz CT molecular complexity index is 864. The van der Waals surface area contributed by atoms with E-state index in [0.29, 0.717) is 6.54 Å². The number of hydrogen-bond acceptors (Lipinski definition) is 6. The predicted octanol–water partition coefficient (Wildman–Crippen LogP) is 2.90. The Hall–Kier alpha value is -1.29.